The molecule has 0 saturated carbocycles. The number of halogens is 1. The molecule has 3 N–H and O–H groups in total. The Bertz CT molecular complexity index is 505. The van der Waals surface area contributed by atoms with E-state index in [1.807, 2.05) is 6.92 Å². The summed E-state index contributed by atoms with van der Waals surface area (Å²) in [5, 5.41) is 12.4. The van der Waals surface area contributed by atoms with Gasteiger partial charge in [-0.15, -0.1) is 11.6 Å². The first-order valence-corrected chi connectivity index (χ1v) is 7.81. The van der Waals surface area contributed by atoms with Gasteiger partial charge in [0, 0.05) is 17.9 Å². The highest BCUT2D eigenvalue weighted by atomic mass is 35.5. The van der Waals surface area contributed by atoms with Crippen molar-refractivity contribution in [3.05, 3.63) is 23.8 Å². The Morgan fingerprint density at radius 2 is 2.11 bits per heavy atom. The molecule has 18 heavy (non-hydrogen) atoms. The van der Waals surface area contributed by atoms with Gasteiger partial charge in [0.05, 0.1) is 18.2 Å². The molecular formula is C11H17ClN2O3S. The Morgan fingerprint density at radius 3 is 2.61 bits per heavy atom. The van der Waals surface area contributed by atoms with Crippen molar-refractivity contribution in [1.29, 1.82) is 0 Å². The first-order valence-electron chi connectivity index (χ1n) is 5.38. The third-order valence-electron chi connectivity index (χ3n) is 2.24. The van der Waals surface area contributed by atoms with Crippen LogP contribution in [0.2, 0.25) is 0 Å². The van der Waals surface area contributed by atoms with Gasteiger partial charge in [0.15, 0.2) is 0 Å². The highest BCUT2D eigenvalue weighted by Gasteiger charge is 2.06. The Kier molecular flexibility index (Phi) is 5.25. The summed E-state index contributed by atoms with van der Waals surface area (Å²) in [6.45, 7) is 2.20. The lowest BCUT2D eigenvalue weighted by Gasteiger charge is -2.13. The molecule has 0 aromatic heterocycles. The second-order valence-corrected chi connectivity index (χ2v) is 6.15. The molecule has 1 unspecified atom stereocenters. The molecule has 102 valence electrons. The number of hydrogen-bond acceptors (Lipinski definition) is 4. The van der Waals surface area contributed by atoms with Gasteiger partial charge in [-0.3, -0.25) is 4.72 Å². The van der Waals surface area contributed by atoms with E-state index in [0.717, 1.165) is 17.5 Å². The van der Waals surface area contributed by atoms with Crippen molar-refractivity contribution in [2.24, 2.45) is 0 Å². The maximum Gasteiger partial charge on any atom is 0.229 e. The Balaban J connectivity index is 2.74. The second-order valence-electron chi connectivity index (χ2n) is 4.09. The average Bonchev–Trinajstić information content (AvgIpc) is 2.25. The summed E-state index contributed by atoms with van der Waals surface area (Å²) in [5.41, 5.74) is 2.22. The summed E-state index contributed by atoms with van der Waals surface area (Å²) in [6, 6.07) is 5.13. The minimum Gasteiger partial charge on any atom is -0.390 e. The molecule has 1 atom stereocenters. The van der Waals surface area contributed by atoms with E-state index in [2.05, 4.69) is 10.0 Å². The number of nitrogens with one attached hydrogen (secondary N) is 2. The van der Waals surface area contributed by atoms with Crippen molar-refractivity contribution in [2.45, 2.75) is 13.0 Å². The molecule has 1 rings (SSSR count). The molecule has 7 heteroatoms. The summed E-state index contributed by atoms with van der Waals surface area (Å²) >= 11 is 5.49. The van der Waals surface area contributed by atoms with Crippen LogP contribution in [-0.2, 0) is 10.0 Å². The van der Waals surface area contributed by atoms with Gasteiger partial charge in [-0.2, -0.15) is 0 Å². The van der Waals surface area contributed by atoms with Crippen molar-refractivity contribution >= 4 is 33.0 Å². The molecule has 0 bridgehead atoms. The van der Waals surface area contributed by atoms with Crippen LogP contribution in [0.15, 0.2) is 18.2 Å². The van der Waals surface area contributed by atoms with Crippen LogP contribution in [0.25, 0.3) is 0 Å². The molecule has 0 saturated heterocycles. The molecule has 0 aliphatic rings. The van der Waals surface area contributed by atoms with Crippen LogP contribution in [0.3, 0.4) is 0 Å². The minimum absolute atomic E-state index is 0.166. The lowest BCUT2D eigenvalue weighted by atomic mass is 10.2. The lowest BCUT2D eigenvalue weighted by molar-refractivity contribution is 0.211. The molecule has 0 spiro atoms. The predicted octanol–water partition coefficient (Wildman–Crippen LogP) is 1.38. The topological polar surface area (TPSA) is 78.4 Å². The monoisotopic (exact) mass is 292 g/mol. The molecule has 1 aromatic carbocycles. The number of anilines is 2. The van der Waals surface area contributed by atoms with E-state index in [0.29, 0.717) is 12.2 Å². The smallest absolute Gasteiger partial charge is 0.229 e. The fourth-order valence-electron chi connectivity index (χ4n) is 1.42. The zero-order valence-corrected chi connectivity index (χ0v) is 11.8. The van der Waals surface area contributed by atoms with Gasteiger partial charge >= 0.3 is 0 Å². The van der Waals surface area contributed by atoms with Gasteiger partial charge in [-0.05, 0) is 30.7 Å². The number of aryl methyl sites for hydroxylation is 1. The number of alkyl halides is 1. The zero-order chi connectivity index (χ0) is 13.8. The van der Waals surface area contributed by atoms with Gasteiger partial charge in [0.1, 0.15) is 0 Å². The highest BCUT2D eigenvalue weighted by Crippen LogP contribution is 2.20. The maximum atomic E-state index is 11.1. The van der Waals surface area contributed by atoms with Crippen LogP contribution in [0, 0.1) is 6.92 Å². The fraction of sp³-hybridized carbons (Fsp3) is 0.455. The van der Waals surface area contributed by atoms with Crippen molar-refractivity contribution in [3.8, 4) is 0 Å². The lowest BCUT2D eigenvalue weighted by Crippen LogP contribution is -2.21. The summed E-state index contributed by atoms with van der Waals surface area (Å²) in [4.78, 5) is 0. The van der Waals surface area contributed by atoms with Gasteiger partial charge in [-0.25, -0.2) is 8.42 Å². The van der Waals surface area contributed by atoms with Gasteiger partial charge in [-0.1, -0.05) is 0 Å². The maximum absolute atomic E-state index is 11.1. The number of aliphatic hydroxyl groups is 1. The predicted molar refractivity (Wildman–Crippen MR) is 74.9 cm³/mol. The van der Waals surface area contributed by atoms with Crippen LogP contribution >= 0.6 is 11.6 Å². The van der Waals surface area contributed by atoms with Gasteiger partial charge in [0.2, 0.25) is 10.0 Å². The van der Waals surface area contributed by atoms with Crippen molar-refractivity contribution < 1.29 is 13.5 Å². The van der Waals surface area contributed by atoms with E-state index in [1.165, 1.54) is 0 Å². The molecule has 0 amide bonds. The molecule has 0 fully saturated rings. The number of rotatable bonds is 6. The molecule has 1 aromatic rings. The van der Waals surface area contributed by atoms with E-state index < -0.39 is 16.1 Å². The van der Waals surface area contributed by atoms with Gasteiger partial charge < -0.3 is 10.4 Å². The number of aliphatic hydroxyl groups excluding tert-OH is 1. The van der Waals surface area contributed by atoms with Crippen LogP contribution in [0.5, 0.6) is 0 Å². The van der Waals surface area contributed by atoms with Gasteiger partial charge in [0.25, 0.3) is 0 Å². The molecule has 5 nitrogen and oxygen atoms in total. The summed E-state index contributed by atoms with van der Waals surface area (Å²) in [5.74, 6) is 0.166. The van der Waals surface area contributed by atoms with E-state index >= 15 is 0 Å². The third kappa shape index (κ3) is 5.12. The molecular weight excluding hydrogens is 276 g/mol. The first-order chi connectivity index (χ1) is 8.31. The standard InChI is InChI=1S/C11H17ClN2O3S/c1-8-5-9(14-18(2,16)17)3-4-11(8)13-7-10(15)6-12/h3-5,10,13-15H,6-7H2,1-2H3. The summed E-state index contributed by atoms with van der Waals surface area (Å²) in [6.07, 6.45) is 0.491. The molecule has 0 heterocycles. The fourth-order valence-corrected chi connectivity index (χ4v) is 2.09. The van der Waals surface area contributed by atoms with Crippen molar-refractivity contribution in [1.82, 2.24) is 0 Å². The normalized spacial score (nSPS) is 13.1. The summed E-state index contributed by atoms with van der Waals surface area (Å²) in [7, 11) is -3.26. The zero-order valence-electron chi connectivity index (χ0n) is 10.3. The van der Waals surface area contributed by atoms with E-state index in [-0.39, 0.29) is 5.88 Å². The minimum atomic E-state index is -3.26. The highest BCUT2D eigenvalue weighted by molar-refractivity contribution is 7.92. The molecule has 0 aliphatic carbocycles. The Morgan fingerprint density at radius 1 is 1.44 bits per heavy atom. The van der Waals surface area contributed by atoms with Crippen molar-refractivity contribution in [2.75, 3.05) is 28.7 Å². The van der Waals surface area contributed by atoms with Crippen LogP contribution in [0.1, 0.15) is 5.56 Å². The van der Waals surface area contributed by atoms with Crippen LogP contribution in [0.4, 0.5) is 11.4 Å². The van der Waals surface area contributed by atoms with E-state index in [9.17, 15) is 13.5 Å². The quantitative estimate of drug-likeness (QED) is 0.692. The Labute approximate surface area is 112 Å². The second kappa shape index (κ2) is 6.26. The van der Waals surface area contributed by atoms with Crippen LogP contribution in [-0.4, -0.2) is 38.3 Å². The number of hydrogen-bond donors (Lipinski definition) is 3. The summed E-state index contributed by atoms with van der Waals surface area (Å²) < 4.78 is 24.6. The first kappa shape index (κ1) is 15.1. The third-order valence-corrected chi connectivity index (χ3v) is 3.20. The number of sulfonamides is 1. The molecule has 0 aliphatic heterocycles. The number of benzene rings is 1. The van der Waals surface area contributed by atoms with Crippen LogP contribution < -0.4 is 10.0 Å². The molecule has 0 radical (unpaired) electrons. The Hall–Kier alpha value is -0.980. The SMILES string of the molecule is Cc1cc(NS(C)(=O)=O)ccc1NCC(O)CCl. The van der Waals surface area contributed by atoms with E-state index in [4.69, 9.17) is 11.6 Å². The van der Waals surface area contributed by atoms with E-state index in [1.54, 1.807) is 18.2 Å². The average molecular weight is 293 g/mol. The van der Waals surface area contributed by atoms with Crippen molar-refractivity contribution in [3.63, 3.8) is 0 Å². The largest absolute Gasteiger partial charge is 0.390 e.